The molecule has 1 aromatic heterocycles. The van der Waals surface area contributed by atoms with Crippen LogP contribution in [0.5, 0.6) is 0 Å². The second kappa shape index (κ2) is 9.19. The maximum absolute atomic E-state index is 12.9. The molecular weight excluding hydrogens is 374 g/mol. The highest BCUT2D eigenvalue weighted by Gasteiger charge is 2.24. The molecule has 1 aliphatic rings. The van der Waals surface area contributed by atoms with Crippen molar-refractivity contribution >= 4 is 17.5 Å². The van der Waals surface area contributed by atoms with Crippen LogP contribution in [0, 0.1) is 17.2 Å². The third kappa shape index (κ3) is 4.81. The Kier molecular flexibility index (Phi) is 6.00. The summed E-state index contributed by atoms with van der Waals surface area (Å²) >= 11 is 0. The van der Waals surface area contributed by atoms with Crippen molar-refractivity contribution in [3.8, 4) is 6.07 Å². The molecule has 2 aromatic carbocycles. The molecule has 0 saturated carbocycles. The maximum atomic E-state index is 12.9. The first-order valence-electron chi connectivity index (χ1n) is 10.1. The average Bonchev–Trinajstić information content (AvgIpc) is 2.80. The van der Waals surface area contributed by atoms with E-state index in [9.17, 15) is 4.79 Å². The Morgan fingerprint density at radius 1 is 1.10 bits per heavy atom. The Bertz CT molecular complexity index is 1050. The standard InChI is InChI=1S/C24H23N5O/c25-17-20-7-4-8-21(16-20)27-24-26-12-9-22(28-24)23(30)29-13-10-19(11-14-29)15-18-5-2-1-3-6-18/h1-9,12,16,19H,10-11,13-15H2,(H,26,27,28). The zero-order chi connectivity index (χ0) is 20.8. The lowest BCUT2D eigenvalue weighted by atomic mass is 9.90. The van der Waals surface area contributed by atoms with Gasteiger partial charge in [-0.1, -0.05) is 36.4 Å². The van der Waals surface area contributed by atoms with E-state index in [0.29, 0.717) is 28.8 Å². The Balaban J connectivity index is 1.37. The number of nitriles is 1. The molecule has 4 rings (SSSR count). The molecule has 1 saturated heterocycles. The number of likely N-dealkylation sites (tertiary alicyclic amines) is 1. The highest BCUT2D eigenvalue weighted by Crippen LogP contribution is 2.23. The Morgan fingerprint density at radius 3 is 2.67 bits per heavy atom. The van der Waals surface area contributed by atoms with Gasteiger partial charge in [-0.2, -0.15) is 5.26 Å². The second-order valence-electron chi connectivity index (χ2n) is 7.51. The zero-order valence-electron chi connectivity index (χ0n) is 16.7. The van der Waals surface area contributed by atoms with E-state index < -0.39 is 0 Å². The first-order valence-corrected chi connectivity index (χ1v) is 10.1. The van der Waals surface area contributed by atoms with Crippen molar-refractivity contribution in [3.63, 3.8) is 0 Å². The second-order valence-corrected chi connectivity index (χ2v) is 7.51. The quantitative estimate of drug-likeness (QED) is 0.698. The van der Waals surface area contributed by atoms with Gasteiger partial charge < -0.3 is 10.2 Å². The number of rotatable bonds is 5. The number of piperidine rings is 1. The smallest absolute Gasteiger partial charge is 0.272 e. The molecule has 0 aliphatic carbocycles. The number of benzene rings is 2. The SMILES string of the molecule is N#Cc1cccc(Nc2nccc(C(=O)N3CCC(Cc4ccccc4)CC3)n2)c1. The molecule has 30 heavy (non-hydrogen) atoms. The van der Waals surface area contributed by atoms with Crippen LogP contribution in [0.2, 0.25) is 0 Å². The van der Waals surface area contributed by atoms with Crippen LogP contribution < -0.4 is 5.32 Å². The summed E-state index contributed by atoms with van der Waals surface area (Å²) in [4.78, 5) is 23.4. The summed E-state index contributed by atoms with van der Waals surface area (Å²) in [6.45, 7) is 1.49. The number of nitrogens with one attached hydrogen (secondary N) is 1. The van der Waals surface area contributed by atoms with E-state index >= 15 is 0 Å². The highest BCUT2D eigenvalue weighted by atomic mass is 16.2. The van der Waals surface area contributed by atoms with Crippen molar-refractivity contribution in [2.24, 2.45) is 5.92 Å². The zero-order valence-corrected chi connectivity index (χ0v) is 16.7. The van der Waals surface area contributed by atoms with E-state index in [1.807, 2.05) is 17.0 Å². The fraction of sp³-hybridized carbons (Fsp3) is 0.250. The number of aromatic nitrogens is 2. The summed E-state index contributed by atoms with van der Waals surface area (Å²) in [6.07, 6.45) is 4.64. The summed E-state index contributed by atoms with van der Waals surface area (Å²) < 4.78 is 0. The van der Waals surface area contributed by atoms with Crippen LogP contribution in [0.3, 0.4) is 0 Å². The minimum absolute atomic E-state index is 0.0654. The number of anilines is 2. The molecule has 0 radical (unpaired) electrons. The van der Waals surface area contributed by atoms with Gasteiger partial charge in [0, 0.05) is 25.0 Å². The first kappa shape index (κ1) is 19.6. The fourth-order valence-corrected chi connectivity index (χ4v) is 3.78. The molecule has 0 bridgehead atoms. The summed E-state index contributed by atoms with van der Waals surface area (Å²) in [7, 11) is 0. The Morgan fingerprint density at radius 2 is 1.90 bits per heavy atom. The van der Waals surface area contributed by atoms with Gasteiger partial charge in [-0.15, -0.1) is 0 Å². The third-order valence-corrected chi connectivity index (χ3v) is 5.39. The van der Waals surface area contributed by atoms with Gasteiger partial charge in [-0.3, -0.25) is 4.79 Å². The van der Waals surface area contributed by atoms with Crippen molar-refractivity contribution in [1.82, 2.24) is 14.9 Å². The molecule has 150 valence electrons. The van der Waals surface area contributed by atoms with Gasteiger partial charge in [-0.05, 0) is 55.0 Å². The van der Waals surface area contributed by atoms with Crippen molar-refractivity contribution in [2.75, 3.05) is 18.4 Å². The molecular formula is C24H23N5O. The lowest BCUT2D eigenvalue weighted by molar-refractivity contribution is 0.0684. The molecule has 0 atom stereocenters. The van der Waals surface area contributed by atoms with E-state index in [-0.39, 0.29) is 5.91 Å². The van der Waals surface area contributed by atoms with Crippen LogP contribution in [0.1, 0.15) is 34.5 Å². The normalized spacial score (nSPS) is 14.2. The summed E-state index contributed by atoms with van der Waals surface area (Å²) in [5.74, 6) is 0.880. The molecule has 3 aromatic rings. The maximum Gasteiger partial charge on any atom is 0.272 e. The number of nitrogens with zero attached hydrogens (tertiary/aromatic N) is 4. The minimum Gasteiger partial charge on any atom is -0.337 e. The van der Waals surface area contributed by atoms with Crippen LogP contribution in [0.15, 0.2) is 66.9 Å². The van der Waals surface area contributed by atoms with Gasteiger partial charge in [-0.25, -0.2) is 9.97 Å². The molecule has 6 nitrogen and oxygen atoms in total. The van der Waals surface area contributed by atoms with Crippen LogP contribution in [-0.2, 0) is 6.42 Å². The molecule has 1 fully saturated rings. The number of carbonyl (C=O) groups excluding carboxylic acids is 1. The topological polar surface area (TPSA) is 81.9 Å². The van der Waals surface area contributed by atoms with Gasteiger partial charge >= 0.3 is 0 Å². The Hall–Kier alpha value is -3.72. The van der Waals surface area contributed by atoms with Gasteiger partial charge in [0.2, 0.25) is 5.95 Å². The van der Waals surface area contributed by atoms with Crippen LogP contribution in [0.25, 0.3) is 0 Å². The minimum atomic E-state index is -0.0654. The van der Waals surface area contributed by atoms with Gasteiger partial charge in [0.15, 0.2) is 0 Å². The van der Waals surface area contributed by atoms with Crippen molar-refractivity contribution < 1.29 is 4.79 Å². The molecule has 2 heterocycles. The first-order chi connectivity index (χ1) is 14.7. The number of hydrogen-bond donors (Lipinski definition) is 1. The molecule has 1 amide bonds. The van der Waals surface area contributed by atoms with Gasteiger partial charge in [0.25, 0.3) is 5.91 Å². The molecule has 1 aliphatic heterocycles. The van der Waals surface area contributed by atoms with Gasteiger partial charge in [0.05, 0.1) is 11.6 Å². The number of amides is 1. The average molecular weight is 397 g/mol. The van der Waals surface area contributed by atoms with Crippen molar-refractivity contribution in [3.05, 3.63) is 83.7 Å². The molecule has 0 unspecified atom stereocenters. The molecule has 1 N–H and O–H groups in total. The van der Waals surface area contributed by atoms with Crippen LogP contribution in [0.4, 0.5) is 11.6 Å². The summed E-state index contributed by atoms with van der Waals surface area (Å²) in [5, 5.41) is 12.1. The van der Waals surface area contributed by atoms with Crippen LogP contribution in [-0.4, -0.2) is 33.9 Å². The van der Waals surface area contributed by atoms with E-state index in [0.717, 1.165) is 32.4 Å². The van der Waals surface area contributed by atoms with Gasteiger partial charge in [0.1, 0.15) is 5.69 Å². The predicted molar refractivity (Wildman–Crippen MR) is 115 cm³/mol. The molecule has 0 spiro atoms. The van der Waals surface area contributed by atoms with Crippen LogP contribution >= 0.6 is 0 Å². The summed E-state index contributed by atoms with van der Waals surface area (Å²) in [5.41, 5.74) is 2.99. The fourth-order valence-electron chi connectivity index (χ4n) is 3.78. The van der Waals surface area contributed by atoms with E-state index in [1.54, 1.807) is 30.5 Å². The highest BCUT2D eigenvalue weighted by molar-refractivity contribution is 5.92. The number of hydrogen-bond acceptors (Lipinski definition) is 5. The summed E-state index contributed by atoms with van der Waals surface area (Å²) in [6, 6.07) is 21.3. The lowest BCUT2D eigenvalue weighted by Gasteiger charge is -2.32. The predicted octanol–water partition coefficient (Wildman–Crippen LogP) is 4.19. The number of carbonyl (C=O) groups is 1. The van der Waals surface area contributed by atoms with E-state index in [4.69, 9.17) is 5.26 Å². The lowest BCUT2D eigenvalue weighted by Crippen LogP contribution is -2.39. The third-order valence-electron chi connectivity index (χ3n) is 5.39. The monoisotopic (exact) mass is 397 g/mol. The van der Waals surface area contributed by atoms with E-state index in [2.05, 4.69) is 45.6 Å². The molecule has 6 heteroatoms. The largest absolute Gasteiger partial charge is 0.337 e. The van der Waals surface area contributed by atoms with E-state index in [1.165, 1.54) is 5.56 Å². The van der Waals surface area contributed by atoms with Crippen molar-refractivity contribution in [1.29, 1.82) is 5.26 Å². The van der Waals surface area contributed by atoms with Crippen molar-refractivity contribution in [2.45, 2.75) is 19.3 Å². The Labute approximate surface area is 176 Å².